The van der Waals surface area contributed by atoms with E-state index in [2.05, 4.69) is 4.90 Å². The van der Waals surface area contributed by atoms with Crippen molar-refractivity contribution < 1.29 is 9.84 Å². The summed E-state index contributed by atoms with van der Waals surface area (Å²) in [6, 6.07) is 7.48. The molecule has 1 aliphatic rings. The summed E-state index contributed by atoms with van der Waals surface area (Å²) in [5.74, 6) is 0.817. The lowest BCUT2D eigenvalue weighted by Crippen LogP contribution is -2.40. The van der Waals surface area contributed by atoms with Gasteiger partial charge in [-0.05, 0) is 43.7 Å². The fraction of sp³-hybridized carbons (Fsp3) is 0.500. The summed E-state index contributed by atoms with van der Waals surface area (Å²) in [5, 5.41) is 9.57. The Morgan fingerprint density at radius 3 is 2.79 bits per heavy atom. The van der Waals surface area contributed by atoms with Gasteiger partial charge in [0.2, 0.25) is 0 Å². The second kappa shape index (κ2) is 6.84. The lowest BCUT2D eigenvalue weighted by atomic mass is 10.1. The van der Waals surface area contributed by atoms with Gasteiger partial charge in [0.1, 0.15) is 17.3 Å². The predicted molar refractivity (Wildman–Crippen MR) is 79.5 cm³/mol. The molecule has 3 N–H and O–H groups in total. The van der Waals surface area contributed by atoms with Gasteiger partial charge in [-0.1, -0.05) is 12.2 Å². The maximum atomic E-state index is 9.57. The van der Waals surface area contributed by atoms with Crippen molar-refractivity contribution in [2.45, 2.75) is 18.9 Å². The van der Waals surface area contributed by atoms with E-state index < -0.39 is 0 Å². The van der Waals surface area contributed by atoms with Crippen LogP contribution >= 0.6 is 12.2 Å². The van der Waals surface area contributed by atoms with Crippen LogP contribution in [0.3, 0.4) is 0 Å². The number of nitrogens with two attached hydrogens (primary N) is 1. The number of aliphatic hydroxyl groups excluding tert-OH is 1. The van der Waals surface area contributed by atoms with E-state index in [0.717, 1.165) is 43.8 Å². The van der Waals surface area contributed by atoms with Gasteiger partial charge in [-0.3, -0.25) is 4.90 Å². The zero-order valence-corrected chi connectivity index (χ0v) is 11.7. The van der Waals surface area contributed by atoms with Gasteiger partial charge < -0.3 is 15.6 Å². The topological polar surface area (TPSA) is 58.7 Å². The van der Waals surface area contributed by atoms with Gasteiger partial charge in [0.05, 0.1) is 6.10 Å². The number of piperidine rings is 1. The third kappa shape index (κ3) is 4.45. The molecule has 0 saturated carbocycles. The normalized spacial score (nSPS) is 20.2. The van der Waals surface area contributed by atoms with Gasteiger partial charge in [0.15, 0.2) is 0 Å². The fourth-order valence-electron chi connectivity index (χ4n) is 2.24. The number of thiocarbonyl (C=S) groups is 1. The highest BCUT2D eigenvalue weighted by atomic mass is 32.1. The Labute approximate surface area is 119 Å². The first-order valence-corrected chi connectivity index (χ1v) is 6.99. The molecule has 1 aromatic carbocycles. The minimum absolute atomic E-state index is 0.182. The van der Waals surface area contributed by atoms with Crippen LogP contribution in [-0.2, 0) is 0 Å². The van der Waals surface area contributed by atoms with Crippen LogP contribution in [0.15, 0.2) is 24.3 Å². The highest BCUT2D eigenvalue weighted by Crippen LogP contribution is 2.13. The molecule has 0 spiro atoms. The summed E-state index contributed by atoms with van der Waals surface area (Å²) in [5.41, 5.74) is 6.38. The molecule has 1 unspecified atom stereocenters. The second-order valence-electron chi connectivity index (χ2n) is 4.83. The molecule has 19 heavy (non-hydrogen) atoms. The number of β-amino-alcohol motifs (C(OH)–C–C–N with tert-alkyl or cyclic N) is 1. The van der Waals surface area contributed by atoms with E-state index in [9.17, 15) is 5.11 Å². The highest BCUT2D eigenvalue weighted by Gasteiger charge is 2.16. The Bertz CT molecular complexity index is 422. The maximum absolute atomic E-state index is 9.57. The number of aliphatic hydroxyl groups is 1. The van der Waals surface area contributed by atoms with Gasteiger partial charge in [0.25, 0.3) is 0 Å². The third-order valence-corrected chi connectivity index (χ3v) is 3.53. The largest absolute Gasteiger partial charge is 0.492 e. The van der Waals surface area contributed by atoms with Crippen LogP contribution in [0.4, 0.5) is 0 Å². The first-order chi connectivity index (χ1) is 9.15. The zero-order chi connectivity index (χ0) is 13.7. The molecule has 1 saturated heterocycles. The summed E-state index contributed by atoms with van der Waals surface area (Å²) in [7, 11) is 0. The molecular formula is C14H20N2O2S. The van der Waals surface area contributed by atoms with Crippen molar-refractivity contribution in [3.8, 4) is 5.75 Å². The lowest BCUT2D eigenvalue weighted by Gasteiger charge is -2.29. The molecule has 0 aromatic heterocycles. The molecule has 4 nitrogen and oxygen atoms in total. The number of ether oxygens (including phenoxy) is 1. The Kier molecular flexibility index (Phi) is 5.13. The molecule has 1 heterocycles. The van der Waals surface area contributed by atoms with Crippen LogP contribution in [0.25, 0.3) is 0 Å². The minimum Gasteiger partial charge on any atom is -0.492 e. The molecule has 0 radical (unpaired) electrons. The van der Waals surface area contributed by atoms with Crippen LogP contribution in [0.1, 0.15) is 18.4 Å². The number of hydrogen-bond donors (Lipinski definition) is 2. The summed E-state index contributed by atoms with van der Waals surface area (Å²) >= 11 is 4.90. The summed E-state index contributed by atoms with van der Waals surface area (Å²) < 4.78 is 5.67. The Morgan fingerprint density at radius 2 is 2.16 bits per heavy atom. The van der Waals surface area contributed by atoms with Crippen LogP contribution < -0.4 is 10.5 Å². The summed E-state index contributed by atoms with van der Waals surface area (Å²) in [6.45, 7) is 3.26. The highest BCUT2D eigenvalue weighted by molar-refractivity contribution is 7.80. The van der Waals surface area contributed by atoms with Gasteiger partial charge >= 0.3 is 0 Å². The standard InChI is InChI=1S/C14H20N2O2S/c15-14(19)11-3-5-13(6-4-11)18-9-8-16-7-1-2-12(17)10-16/h3-6,12,17H,1-2,7-10H2,(H2,15,19). The molecule has 104 valence electrons. The Balaban J connectivity index is 1.74. The molecule has 0 bridgehead atoms. The van der Waals surface area contributed by atoms with E-state index in [1.54, 1.807) is 0 Å². The van der Waals surface area contributed by atoms with E-state index in [-0.39, 0.29) is 6.10 Å². The van der Waals surface area contributed by atoms with Crippen LogP contribution in [-0.4, -0.2) is 47.3 Å². The number of benzene rings is 1. The smallest absolute Gasteiger partial charge is 0.119 e. The van der Waals surface area contributed by atoms with Gasteiger partial charge in [-0.2, -0.15) is 0 Å². The molecule has 1 aliphatic heterocycles. The molecule has 2 rings (SSSR count). The maximum Gasteiger partial charge on any atom is 0.119 e. The number of nitrogens with zero attached hydrogens (tertiary/aromatic N) is 1. The van der Waals surface area contributed by atoms with Crippen molar-refractivity contribution in [3.63, 3.8) is 0 Å². The predicted octanol–water partition coefficient (Wildman–Crippen LogP) is 1.16. The van der Waals surface area contributed by atoms with Crippen molar-refractivity contribution in [1.82, 2.24) is 4.90 Å². The fourth-order valence-corrected chi connectivity index (χ4v) is 2.38. The first-order valence-electron chi connectivity index (χ1n) is 6.58. The van der Waals surface area contributed by atoms with Crippen LogP contribution in [0, 0.1) is 0 Å². The average Bonchev–Trinajstić information content (AvgIpc) is 2.39. The van der Waals surface area contributed by atoms with Crippen molar-refractivity contribution in [2.24, 2.45) is 5.73 Å². The lowest BCUT2D eigenvalue weighted by molar-refractivity contribution is 0.0633. The molecule has 0 amide bonds. The number of rotatable bonds is 5. The average molecular weight is 280 g/mol. The Hall–Kier alpha value is -1.17. The van der Waals surface area contributed by atoms with Crippen molar-refractivity contribution >= 4 is 17.2 Å². The molecular weight excluding hydrogens is 260 g/mol. The number of hydrogen-bond acceptors (Lipinski definition) is 4. The molecule has 0 aliphatic carbocycles. The van der Waals surface area contributed by atoms with Crippen LogP contribution in [0.5, 0.6) is 5.75 Å². The Morgan fingerprint density at radius 1 is 1.42 bits per heavy atom. The first kappa shape index (κ1) is 14.2. The second-order valence-corrected chi connectivity index (χ2v) is 5.27. The van der Waals surface area contributed by atoms with E-state index >= 15 is 0 Å². The molecule has 1 fully saturated rings. The summed E-state index contributed by atoms with van der Waals surface area (Å²) in [4.78, 5) is 2.63. The molecule has 5 heteroatoms. The van der Waals surface area contributed by atoms with Gasteiger partial charge in [-0.25, -0.2) is 0 Å². The van der Waals surface area contributed by atoms with E-state index in [4.69, 9.17) is 22.7 Å². The van der Waals surface area contributed by atoms with Crippen molar-refractivity contribution in [2.75, 3.05) is 26.2 Å². The molecule has 1 atom stereocenters. The quantitative estimate of drug-likeness (QED) is 0.793. The monoisotopic (exact) mass is 280 g/mol. The van der Waals surface area contributed by atoms with Crippen molar-refractivity contribution in [3.05, 3.63) is 29.8 Å². The SMILES string of the molecule is NC(=S)c1ccc(OCCN2CCCC(O)C2)cc1. The molecule has 1 aromatic rings. The number of likely N-dealkylation sites (tertiary alicyclic amines) is 1. The summed E-state index contributed by atoms with van der Waals surface area (Å²) in [6.07, 6.45) is 1.79. The van der Waals surface area contributed by atoms with Crippen molar-refractivity contribution in [1.29, 1.82) is 0 Å². The zero-order valence-electron chi connectivity index (χ0n) is 10.9. The van der Waals surface area contributed by atoms with Gasteiger partial charge in [0, 0.05) is 18.7 Å². The van der Waals surface area contributed by atoms with Gasteiger partial charge in [-0.15, -0.1) is 0 Å². The third-order valence-electron chi connectivity index (χ3n) is 3.30. The minimum atomic E-state index is -0.182. The van der Waals surface area contributed by atoms with E-state index in [0.29, 0.717) is 11.6 Å². The van der Waals surface area contributed by atoms with Crippen LogP contribution in [0.2, 0.25) is 0 Å². The van der Waals surface area contributed by atoms with E-state index in [1.165, 1.54) is 0 Å². The van der Waals surface area contributed by atoms with E-state index in [1.807, 2.05) is 24.3 Å².